The van der Waals surface area contributed by atoms with Crippen LogP contribution < -0.4 is 10.5 Å². The summed E-state index contributed by atoms with van der Waals surface area (Å²) in [5.41, 5.74) is 4.78. The number of piperazine rings is 1. The monoisotopic (exact) mass is 472 g/mol. The predicted octanol–water partition coefficient (Wildman–Crippen LogP) is 1.83. The summed E-state index contributed by atoms with van der Waals surface area (Å²) in [5.74, 6) is 0. The summed E-state index contributed by atoms with van der Waals surface area (Å²) in [5, 5.41) is 24.1. The first-order chi connectivity index (χ1) is 16.9. The Labute approximate surface area is 202 Å². The summed E-state index contributed by atoms with van der Waals surface area (Å²) in [7, 11) is 1.71. The van der Waals surface area contributed by atoms with Crippen LogP contribution in [-0.4, -0.2) is 66.1 Å². The molecule has 0 radical (unpaired) electrons. The molecule has 4 aromatic rings. The van der Waals surface area contributed by atoms with Gasteiger partial charge in [-0.1, -0.05) is 6.07 Å². The SMILES string of the molecule is CC(c1ccc2nccnc2c1)N1C[C@H](C)N(c2cc(=O)n(C)c3cn(CC#N)nc23)C[C@H]1CO. The van der Waals surface area contributed by atoms with E-state index in [9.17, 15) is 9.90 Å². The number of hydrogen-bond donors (Lipinski definition) is 1. The highest BCUT2D eigenvalue weighted by molar-refractivity contribution is 5.88. The largest absolute Gasteiger partial charge is 0.395 e. The molecule has 0 aliphatic carbocycles. The van der Waals surface area contributed by atoms with Crippen molar-refractivity contribution in [2.24, 2.45) is 7.05 Å². The third-order valence-electron chi connectivity index (χ3n) is 7.05. The van der Waals surface area contributed by atoms with Gasteiger partial charge in [0.05, 0.1) is 47.2 Å². The molecule has 1 unspecified atom stereocenters. The maximum Gasteiger partial charge on any atom is 0.252 e. The lowest BCUT2D eigenvalue weighted by atomic mass is 9.99. The van der Waals surface area contributed by atoms with E-state index in [-0.39, 0.29) is 36.8 Å². The van der Waals surface area contributed by atoms with E-state index < -0.39 is 0 Å². The summed E-state index contributed by atoms with van der Waals surface area (Å²) in [6.45, 7) is 5.59. The summed E-state index contributed by atoms with van der Waals surface area (Å²) in [4.78, 5) is 26.0. The predicted molar refractivity (Wildman–Crippen MR) is 133 cm³/mol. The minimum absolute atomic E-state index is 0.0161. The Morgan fingerprint density at radius 3 is 2.71 bits per heavy atom. The van der Waals surface area contributed by atoms with Crippen molar-refractivity contribution >= 4 is 27.8 Å². The molecule has 0 bridgehead atoms. The highest BCUT2D eigenvalue weighted by atomic mass is 16.3. The Morgan fingerprint density at radius 1 is 1.20 bits per heavy atom. The minimum atomic E-state index is -0.140. The Bertz CT molecular complexity index is 1490. The van der Waals surface area contributed by atoms with E-state index in [4.69, 9.17) is 5.26 Å². The van der Waals surface area contributed by atoms with Crippen LogP contribution in [-0.2, 0) is 13.6 Å². The molecule has 1 aliphatic heterocycles. The average molecular weight is 473 g/mol. The molecule has 5 rings (SSSR count). The zero-order valence-electron chi connectivity index (χ0n) is 20.0. The van der Waals surface area contributed by atoms with Crippen LogP contribution in [0.25, 0.3) is 22.1 Å². The minimum Gasteiger partial charge on any atom is -0.395 e. The number of aromatic nitrogens is 5. The van der Waals surface area contributed by atoms with Crippen LogP contribution in [0.2, 0.25) is 0 Å². The summed E-state index contributed by atoms with van der Waals surface area (Å²) in [6.07, 6.45) is 5.11. The van der Waals surface area contributed by atoms with Crippen LogP contribution in [0, 0.1) is 11.3 Å². The highest BCUT2D eigenvalue weighted by Gasteiger charge is 2.35. The zero-order valence-corrected chi connectivity index (χ0v) is 20.0. The van der Waals surface area contributed by atoms with E-state index in [2.05, 4.69) is 56.9 Å². The van der Waals surface area contributed by atoms with E-state index in [1.165, 1.54) is 0 Å². The fourth-order valence-corrected chi connectivity index (χ4v) is 5.08. The number of anilines is 1. The van der Waals surface area contributed by atoms with Crippen molar-refractivity contribution in [2.45, 2.75) is 38.5 Å². The van der Waals surface area contributed by atoms with Crippen molar-refractivity contribution in [3.63, 3.8) is 0 Å². The normalized spacial score (nSPS) is 19.8. The molecule has 1 saturated heterocycles. The number of nitriles is 1. The van der Waals surface area contributed by atoms with E-state index in [1.54, 1.807) is 41.0 Å². The van der Waals surface area contributed by atoms with Gasteiger partial charge in [0.15, 0.2) is 0 Å². The number of aryl methyl sites for hydroxylation is 1. The number of aliphatic hydroxyl groups is 1. The molecule has 3 atom stereocenters. The van der Waals surface area contributed by atoms with Crippen molar-refractivity contribution in [3.05, 3.63) is 58.8 Å². The molecule has 0 spiro atoms. The number of hydrogen-bond acceptors (Lipinski definition) is 8. The van der Waals surface area contributed by atoms with Gasteiger partial charge in [0.1, 0.15) is 12.1 Å². The van der Waals surface area contributed by atoms with Crippen molar-refractivity contribution in [2.75, 3.05) is 24.6 Å². The number of nitrogens with zero attached hydrogens (tertiary/aromatic N) is 8. The highest BCUT2D eigenvalue weighted by Crippen LogP contribution is 2.33. The second kappa shape index (κ2) is 9.09. The van der Waals surface area contributed by atoms with E-state index >= 15 is 0 Å². The van der Waals surface area contributed by atoms with Crippen molar-refractivity contribution in [1.29, 1.82) is 5.26 Å². The lowest BCUT2D eigenvalue weighted by Gasteiger charge is -2.48. The quantitative estimate of drug-likeness (QED) is 0.468. The van der Waals surface area contributed by atoms with Gasteiger partial charge in [0.2, 0.25) is 0 Å². The number of rotatable bonds is 5. The van der Waals surface area contributed by atoms with Gasteiger partial charge in [-0.2, -0.15) is 10.4 Å². The average Bonchev–Trinajstić information content (AvgIpc) is 3.30. The van der Waals surface area contributed by atoms with Crippen LogP contribution in [0.3, 0.4) is 0 Å². The van der Waals surface area contributed by atoms with Crippen LogP contribution in [0.15, 0.2) is 47.7 Å². The Morgan fingerprint density at radius 2 is 1.97 bits per heavy atom. The molecule has 3 aromatic heterocycles. The van der Waals surface area contributed by atoms with Crippen molar-refractivity contribution in [1.82, 2.24) is 29.2 Å². The molecule has 10 nitrogen and oxygen atoms in total. The molecule has 1 N–H and O–H groups in total. The fraction of sp³-hybridized carbons (Fsp3) is 0.400. The second-order valence-corrected chi connectivity index (χ2v) is 9.16. The molecular formula is C25H28N8O2. The third kappa shape index (κ3) is 4.03. The topological polar surface area (TPSA) is 116 Å². The maximum atomic E-state index is 12.7. The fourth-order valence-electron chi connectivity index (χ4n) is 5.08. The third-order valence-corrected chi connectivity index (χ3v) is 7.05. The smallest absolute Gasteiger partial charge is 0.252 e. The number of pyridine rings is 1. The van der Waals surface area contributed by atoms with Gasteiger partial charge in [-0.3, -0.25) is 24.3 Å². The molecule has 4 heterocycles. The molecule has 1 aromatic carbocycles. The summed E-state index contributed by atoms with van der Waals surface area (Å²) >= 11 is 0. The van der Waals surface area contributed by atoms with E-state index in [0.29, 0.717) is 24.1 Å². The van der Waals surface area contributed by atoms with Crippen LogP contribution in [0.4, 0.5) is 5.69 Å². The lowest BCUT2D eigenvalue weighted by molar-refractivity contribution is 0.0656. The maximum absolute atomic E-state index is 12.7. The zero-order chi connectivity index (χ0) is 24.7. The first kappa shape index (κ1) is 23.0. The second-order valence-electron chi connectivity index (χ2n) is 9.16. The molecular weight excluding hydrogens is 444 g/mol. The first-order valence-corrected chi connectivity index (χ1v) is 11.7. The molecule has 1 fully saturated rings. The van der Waals surface area contributed by atoms with E-state index in [0.717, 1.165) is 22.3 Å². The molecule has 1 aliphatic rings. The number of fused-ring (bicyclic) bond motifs is 2. The summed E-state index contributed by atoms with van der Waals surface area (Å²) in [6, 6.07) is 9.80. The van der Waals surface area contributed by atoms with Crippen molar-refractivity contribution in [3.8, 4) is 6.07 Å². The molecule has 35 heavy (non-hydrogen) atoms. The van der Waals surface area contributed by atoms with Crippen molar-refractivity contribution < 1.29 is 5.11 Å². The Balaban J connectivity index is 1.48. The van der Waals surface area contributed by atoms with Crippen LogP contribution >= 0.6 is 0 Å². The van der Waals surface area contributed by atoms with Gasteiger partial charge >= 0.3 is 0 Å². The first-order valence-electron chi connectivity index (χ1n) is 11.7. The van der Waals surface area contributed by atoms with Crippen LogP contribution in [0.1, 0.15) is 25.5 Å². The molecule has 10 heteroatoms. The Hall–Kier alpha value is -3.81. The number of aliphatic hydroxyl groups excluding tert-OH is 1. The van der Waals surface area contributed by atoms with Gasteiger partial charge in [0, 0.05) is 50.7 Å². The molecule has 0 amide bonds. The summed E-state index contributed by atoms with van der Waals surface area (Å²) < 4.78 is 3.11. The standard InChI is InChI=1S/C25H28N8O2/c1-16-12-33(17(2)18-4-5-20-21(10-18)28-8-7-27-20)19(15-34)13-32(16)22-11-24(35)30(3)23-14-31(9-6-26)29-25(22)23/h4-5,7-8,10-11,14,16-17,19,34H,9,12-13,15H2,1-3H3/t16-,17?,19-/m0/s1. The van der Waals surface area contributed by atoms with Crippen LogP contribution in [0.5, 0.6) is 0 Å². The number of benzene rings is 1. The van der Waals surface area contributed by atoms with Gasteiger partial charge in [-0.05, 0) is 31.5 Å². The molecule has 180 valence electrons. The van der Waals surface area contributed by atoms with Gasteiger partial charge < -0.3 is 14.6 Å². The molecule has 0 saturated carbocycles. The van der Waals surface area contributed by atoms with Gasteiger partial charge in [-0.25, -0.2) is 0 Å². The van der Waals surface area contributed by atoms with E-state index in [1.807, 2.05) is 6.07 Å². The van der Waals surface area contributed by atoms with Gasteiger partial charge in [-0.15, -0.1) is 0 Å². The van der Waals surface area contributed by atoms with Gasteiger partial charge in [0.25, 0.3) is 5.56 Å². The Kier molecular flexibility index (Phi) is 5.96. The lowest BCUT2D eigenvalue weighted by Crippen LogP contribution is -2.59.